The van der Waals surface area contributed by atoms with E-state index in [2.05, 4.69) is 20.9 Å². The smallest absolute Gasteiger partial charge is 0.295 e. The second-order valence-corrected chi connectivity index (χ2v) is 9.80. The van der Waals surface area contributed by atoms with Crippen molar-refractivity contribution in [3.8, 4) is 5.75 Å². The third-order valence-electron chi connectivity index (χ3n) is 6.65. The number of carbonyl (C=O) groups excluding carboxylic acids is 2. The zero-order valence-electron chi connectivity index (χ0n) is 19.9. The van der Waals surface area contributed by atoms with Gasteiger partial charge in [-0.15, -0.1) is 0 Å². The van der Waals surface area contributed by atoms with Gasteiger partial charge in [0.15, 0.2) is 0 Å². The Labute approximate surface area is 217 Å². The number of ketones is 1. The minimum atomic E-state index is -0.695. The van der Waals surface area contributed by atoms with E-state index >= 15 is 0 Å². The molecule has 1 amide bonds. The topological polar surface area (TPSA) is 82.6 Å². The van der Waals surface area contributed by atoms with Gasteiger partial charge < -0.3 is 19.7 Å². The number of hydrogen-bond donors (Lipinski definition) is 2. The Balaban J connectivity index is 1.55. The summed E-state index contributed by atoms with van der Waals surface area (Å²) in [5, 5.41) is 12.2. The summed E-state index contributed by atoms with van der Waals surface area (Å²) < 4.78 is 6.25. The number of fused-ring (bicyclic) bond motifs is 1. The summed E-state index contributed by atoms with van der Waals surface area (Å²) >= 11 is 3.45. The highest BCUT2D eigenvalue weighted by Crippen LogP contribution is 2.40. The second kappa shape index (κ2) is 9.66. The van der Waals surface area contributed by atoms with Crippen LogP contribution in [0.25, 0.3) is 16.7 Å². The van der Waals surface area contributed by atoms with E-state index < -0.39 is 17.7 Å². The van der Waals surface area contributed by atoms with Gasteiger partial charge in [-0.05, 0) is 54.8 Å². The summed E-state index contributed by atoms with van der Waals surface area (Å²) in [5.74, 6) is -0.715. The Kier molecular flexibility index (Phi) is 6.41. The van der Waals surface area contributed by atoms with Gasteiger partial charge in [0, 0.05) is 33.7 Å². The van der Waals surface area contributed by atoms with Crippen molar-refractivity contribution in [2.24, 2.45) is 0 Å². The van der Waals surface area contributed by atoms with E-state index in [9.17, 15) is 14.7 Å². The standard InChI is InChI=1S/C29H25BrN2O4/c1-17-3-5-19(6-4-17)27(33)25-26(18-7-9-21(30)10-8-18)32(29(35)28(25)34)14-13-20-16-31-24-12-11-22(36-2)15-23(20)24/h3-12,15-16,26,31,33H,13-14H2,1-2H3/b27-25-. The summed E-state index contributed by atoms with van der Waals surface area (Å²) in [6.07, 6.45) is 2.44. The molecule has 7 heteroatoms. The van der Waals surface area contributed by atoms with Crippen LogP contribution in [0.2, 0.25) is 0 Å². The molecule has 0 bridgehead atoms. The van der Waals surface area contributed by atoms with Crippen molar-refractivity contribution in [1.29, 1.82) is 0 Å². The Bertz CT molecular complexity index is 1490. The normalized spacial score (nSPS) is 17.2. The van der Waals surface area contributed by atoms with E-state index in [1.807, 2.05) is 67.7 Å². The predicted molar refractivity (Wildman–Crippen MR) is 143 cm³/mol. The van der Waals surface area contributed by atoms with E-state index in [1.54, 1.807) is 24.1 Å². The molecule has 1 unspecified atom stereocenters. The number of hydrogen-bond acceptors (Lipinski definition) is 4. The maximum absolute atomic E-state index is 13.3. The number of nitrogens with zero attached hydrogens (tertiary/aromatic N) is 1. The number of nitrogens with one attached hydrogen (secondary N) is 1. The first kappa shape index (κ1) is 23.9. The molecule has 1 aromatic heterocycles. The third-order valence-corrected chi connectivity index (χ3v) is 7.18. The first-order chi connectivity index (χ1) is 17.4. The molecule has 1 aliphatic rings. The summed E-state index contributed by atoms with van der Waals surface area (Å²) in [5.41, 5.74) is 4.38. The second-order valence-electron chi connectivity index (χ2n) is 8.89. The molecule has 4 aromatic rings. The van der Waals surface area contributed by atoms with Gasteiger partial charge in [-0.2, -0.15) is 0 Å². The van der Waals surface area contributed by atoms with Crippen molar-refractivity contribution in [1.82, 2.24) is 9.88 Å². The van der Waals surface area contributed by atoms with Crippen molar-refractivity contribution in [3.63, 3.8) is 0 Å². The lowest BCUT2D eigenvalue weighted by atomic mass is 9.95. The average molecular weight is 545 g/mol. The maximum atomic E-state index is 13.3. The molecule has 1 atom stereocenters. The fourth-order valence-electron chi connectivity index (χ4n) is 4.70. The van der Waals surface area contributed by atoms with Crippen LogP contribution in [0.5, 0.6) is 5.75 Å². The lowest BCUT2D eigenvalue weighted by Crippen LogP contribution is -2.31. The molecule has 0 radical (unpaired) electrons. The van der Waals surface area contributed by atoms with Crippen LogP contribution in [0.1, 0.15) is 28.3 Å². The average Bonchev–Trinajstić information content (AvgIpc) is 3.40. The molecule has 1 aliphatic heterocycles. The number of Topliss-reactive ketones (excluding diaryl/α,β-unsaturated/α-hetero) is 1. The molecule has 182 valence electrons. The van der Waals surface area contributed by atoms with Crippen molar-refractivity contribution in [3.05, 3.63) is 105 Å². The molecule has 2 N–H and O–H groups in total. The minimum Gasteiger partial charge on any atom is -0.507 e. The number of halogens is 1. The maximum Gasteiger partial charge on any atom is 0.295 e. The van der Waals surface area contributed by atoms with Gasteiger partial charge >= 0.3 is 0 Å². The van der Waals surface area contributed by atoms with Gasteiger partial charge in [-0.1, -0.05) is 57.9 Å². The Morgan fingerprint density at radius 1 is 1.06 bits per heavy atom. The summed E-state index contributed by atoms with van der Waals surface area (Å²) in [6, 6.07) is 19.8. The largest absolute Gasteiger partial charge is 0.507 e. The number of aromatic nitrogens is 1. The van der Waals surface area contributed by atoms with Gasteiger partial charge in [0.25, 0.3) is 11.7 Å². The number of aliphatic hydroxyl groups excluding tert-OH is 1. The van der Waals surface area contributed by atoms with Crippen LogP contribution in [0.15, 0.2) is 83.0 Å². The molecular weight excluding hydrogens is 520 g/mol. The van der Waals surface area contributed by atoms with Crippen LogP contribution < -0.4 is 4.74 Å². The molecule has 1 saturated heterocycles. The molecule has 2 heterocycles. The van der Waals surface area contributed by atoms with Gasteiger partial charge in [-0.25, -0.2) is 0 Å². The zero-order chi connectivity index (χ0) is 25.4. The highest BCUT2D eigenvalue weighted by atomic mass is 79.9. The Hall–Kier alpha value is -3.84. The molecule has 3 aromatic carbocycles. The fraction of sp³-hybridized carbons (Fsp3) is 0.172. The number of aryl methyl sites for hydroxylation is 1. The number of carbonyl (C=O) groups is 2. The Morgan fingerprint density at radius 3 is 2.47 bits per heavy atom. The monoisotopic (exact) mass is 544 g/mol. The number of rotatable bonds is 6. The van der Waals surface area contributed by atoms with E-state index in [1.165, 1.54) is 0 Å². The van der Waals surface area contributed by atoms with Crippen LogP contribution >= 0.6 is 15.9 Å². The predicted octanol–water partition coefficient (Wildman–Crippen LogP) is 5.91. The number of ether oxygens (including phenoxy) is 1. The van der Waals surface area contributed by atoms with Crippen LogP contribution in [-0.2, 0) is 16.0 Å². The number of benzene rings is 3. The molecular formula is C29H25BrN2O4. The summed E-state index contributed by atoms with van der Waals surface area (Å²) in [7, 11) is 1.62. The SMILES string of the molecule is COc1ccc2[nH]cc(CCN3C(=O)C(=O)/C(=C(\O)c4ccc(C)cc4)C3c3ccc(Br)cc3)c2c1. The van der Waals surface area contributed by atoms with Crippen molar-refractivity contribution in [2.75, 3.05) is 13.7 Å². The van der Waals surface area contributed by atoms with E-state index in [0.717, 1.165) is 37.8 Å². The van der Waals surface area contributed by atoms with Crippen molar-refractivity contribution in [2.45, 2.75) is 19.4 Å². The van der Waals surface area contributed by atoms with Crippen LogP contribution in [0, 0.1) is 6.92 Å². The molecule has 36 heavy (non-hydrogen) atoms. The first-order valence-corrected chi connectivity index (χ1v) is 12.4. The number of likely N-dealkylation sites (tertiary alicyclic amines) is 1. The van der Waals surface area contributed by atoms with Crippen molar-refractivity contribution < 1.29 is 19.4 Å². The number of amides is 1. The zero-order valence-corrected chi connectivity index (χ0v) is 21.5. The van der Waals surface area contributed by atoms with E-state index in [0.29, 0.717) is 18.5 Å². The molecule has 6 nitrogen and oxygen atoms in total. The summed E-state index contributed by atoms with van der Waals surface area (Å²) in [4.78, 5) is 31.4. The molecule has 0 aliphatic carbocycles. The minimum absolute atomic E-state index is 0.103. The molecule has 1 fully saturated rings. The van der Waals surface area contributed by atoms with Gasteiger partial charge in [0.1, 0.15) is 11.5 Å². The highest BCUT2D eigenvalue weighted by Gasteiger charge is 2.45. The number of aromatic amines is 1. The van der Waals surface area contributed by atoms with Crippen LogP contribution in [0.4, 0.5) is 0 Å². The number of aliphatic hydroxyl groups is 1. The van der Waals surface area contributed by atoms with Gasteiger partial charge in [0.05, 0.1) is 18.7 Å². The van der Waals surface area contributed by atoms with Crippen LogP contribution in [0.3, 0.4) is 0 Å². The Morgan fingerprint density at radius 2 is 1.78 bits per heavy atom. The van der Waals surface area contributed by atoms with E-state index in [4.69, 9.17) is 4.74 Å². The lowest BCUT2D eigenvalue weighted by molar-refractivity contribution is -0.139. The third kappa shape index (κ3) is 4.31. The summed E-state index contributed by atoms with van der Waals surface area (Å²) in [6.45, 7) is 2.25. The number of methoxy groups -OCH3 is 1. The first-order valence-electron chi connectivity index (χ1n) is 11.6. The molecule has 0 saturated carbocycles. The fourth-order valence-corrected chi connectivity index (χ4v) is 4.97. The molecule has 5 rings (SSSR count). The van der Waals surface area contributed by atoms with E-state index in [-0.39, 0.29) is 11.3 Å². The number of H-pyrrole nitrogens is 1. The van der Waals surface area contributed by atoms with Gasteiger partial charge in [0.2, 0.25) is 0 Å². The molecule has 0 spiro atoms. The lowest BCUT2D eigenvalue weighted by Gasteiger charge is -2.25. The van der Waals surface area contributed by atoms with Crippen LogP contribution in [-0.4, -0.2) is 40.3 Å². The quantitative estimate of drug-likeness (QED) is 0.179. The van der Waals surface area contributed by atoms with Gasteiger partial charge in [-0.3, -0.25) is 9.59 Å². The van der Waals surface area contributed by atoms with Crippen molar-refractivity contribution >= 4 is 44.3 Å². The highest BCUT2D eigenvalue weighted by molar-refractivity contribution is 9.10.